The van der Waals surface area contributed by atoms with Crippen LogP contribution in [0.5, 0.6) is 11.5 Å². The van der Waals surface area contributed by atoms with E-state index in [4.69, 9.17) is 13.9 Å². The van der Waals surface area contributed by atoms with E-state index in [1.807, 2.05) is 36.4 Å². The van der Waals surface area contributed by atoms with Crippen LogP contribution in [0.2, 0.25) is 0 Å². The van der Waals surface area contributed by atoms with Gasteiger partial charge in [0.1, 0.15) is 6.61 Å². The summed E-state index contributed by atoms with van der Waals surface area (Å²) in [7, 11) is 0. The molecule has 1 aliphatic rings. The summed E-state index contributed by atoms with van der Waals surface area (Å²) in [6.07, 6.45) is -0.380. The van der Waals surface area contributed by atoms with E-state index >= 15 is 0 Å². The van der Waals surface area contributed by atoms with Gasteiger partial charge in [0.05, 0.1) is 0 Å². The normalized spacial score (nSPS) is 16.1. The average molecular weight is 405 g/mol. The van der Waals surface area contributed by atoms with Gasteiger partial charge in [-0.3, -0.25) is 0 Å². The van der Waals surface area contributed by atoms with Crippen LogP contribution >= 0.6 is 27.7 Å². The smallest absolute Gasteiger partial charge is 0.277 e. The highest BCUT2D eigenvalue weighted by atomic mass is 79.9. The summed E-state index contributed by atoms with van der Waals surface area (Å²) in [5.74, 6) is 2.62. The van der Waals surface area contributed by atoms with Crippen LogP contribution in [0.1, 0.15) is 17.6 Å². The summed E-state index contributed by atoms with van der Waals surface area (Å²) in [6.45, 7) is 0.357. The summed E-state index contributed by atoms with van der Waals surface area (Å²) in [5.41, 5.74) is 1.19. The van der Waals surface area contributed by atoms with Crippen LogP contribution in [0.25, 0.3) is 0 Å². The van der Waals surface area contributed by atoms with Crippen LogP contribution in [0.3, 0.4) is 0 Å². The van der Waals surface area contributed by atoms with Crippen molar-refractivity contribution < 1.29 is 13.9 Å². The molecule has 0 saturated carbocycles. The zero-order valence-electron chi connectivity index (χ0n) is 12.5. The fraction of sp³-hybridized carbons (Fsp3) is 0.176. The number of benzene rings is 2. The van der Waals surface area contributed by atoms with Crippen molar-refractivity contribution in [3.05, 3.63) is 64.5 Å². The number of fused-ring (bicyclic) bond motifs is 1. The molecule has 24 heavy (non-hydrogen) atoms. The fourth-order valence-corrected chi connectivity index (χ4v) is 3.27. The lowest BCUT2D eigenvalue weighted by Gasteiger charge is -2.23. The van der Waals surface area contributed by atoms with E-state index in [1.165, 1.54) is 17.3 Å². The highest BCUT2D eigenvalue weighted by Gasteiger charge is 2.27. The minimum atomic E-state index is -0.380. The van der Waals surface area contributed by atoms with Gasteiger partial charge < -0.3 is 13.9 Å². The molecule has 2 heterocycles. The number of hydrogen-bond acceptors (Lipinski definition) is 6. The number of thioether (sulfide) groups is 1. The summed E-state index contributed by atoms with van der Waals surface area (Å²) in [5, 5.41) is 8.69. The van der Waals surface area contributed by atoms with Gasteiger partial charge in [-0.1, -0.05) is 52.0 Å². The standard InChI is InChI=1S/C17H13BrN2O3S/c18-12-7-5-11(6-8-12)10-24-17-20-19-16(23-17)15-9-21-13-3-1-2-4-14(13)22-15/h1-8,15H,9-10H2/t15-/m1/s1. The van der Waals surface area contributed by atoms with Gasteiger partial charge in [-0.05, 0) is 29.8 Å². The van der Waals surface area contributed by atoms with E-state index in [0.717, 1.165) is 16.0 Å². The number of hydrogen-bond donors (Lipinski definition) is 0. The first-order valence-corrected chi connectivity index (χ1v) is 9.15. The van der Waals surface area contributed by atoms with E-state index in [1.54, 1.807) is 0 Å². The number of ether oxygens (including phenoxy) is 2. The zero-order chi connectivity index (χ0) is 16.4. The molecule has 4 rings (SSSR count). The quantitative estimate of drug-likeness (QED) is 0.590. The van der Waals surface area contributed by atoms with Gasteiger partial charge in [-0.15, -0.1) is 10.2 Å². The molecule has 2 aromatic carbocycles. The Morgan fingerprint density at radius 1 is 1.04 bits per heavy atom. The Bertz CT molecular complexity index is 838. The minimum Gasteiger partial charge on any atom is -0.485 e. The van der Waals surface area contributed by atoms with E-state index in [0.29, 0.717) is 23.5 Å². The molecule has 7 heteroatoms. The first-order chi connectivity index (χ1) is 11.8. The molecule has 0 fully saturated rings. The SMILES string of the molecule is Brc1ccc(CSc2nnc([C@H]3COc4ccccc4O3)o2)cc1. The summed E-state index contributed by atoms with van der Waals surface area (Å²) < 4.78 is 18.3. The lowest BCUT2D eigenvalue weighted by molar-refractivity contribution is 0.0686. The summed E-state index contributed by atoms with van der Waals surface area (Å²) in [6, 6.07) is 15.7. The van der Waals surface area contributed by atoms with Crippen molar-refractivity contribution in [2.24, 2.45) is 0 Å². The number of nitrogens with zero attached hydrogens (tertiary/aromatic N) is 2. The number of aromatic nitrogens is 2. The van der Waals surface area contributed by atoms with Crippen molar-refractivity contribution in [2.45, 2.75) is 17.1 Å². The number of rotatable bonds is 4. The molecular formula is C17H13BrN2O3S. The Labute approximate surface area is 151 Å². The molecule has 0 saturated heterocycles. The number of para-hydroxylation sites is 2. The second kappa shape index (κ2) is 6.86. The third kappa shape index (κ3) is 3.42. The zero-order valence-corrected chi connectivity index (χ0v) is 14.9. The molecule has 0 unspecified atom stereocenters. The largest absolute Gasteiger partial charge is 0.485 e. The molecule has 0 N–H and O–H groups in total. The topological polar surface area (TPSA) is 57.4 Å². The highest BCUT2D eigenvalue weighted by Crippen LogP contribution is 2.36. The van der Waals surface area contributed by atoms with Gasteiger partial charge in [-0.2, -0.15) is 0 Å². The average Bonchev–Trinajstić information content (AvgIpc) is 3.10. The molecular weight excluding hydrogens is 392 g/mol. The van der Waals surface area contributed by atoms with Crippen LogP contribution in [0.4, 0.5) is 0 Å². The lowest BCUT2D eigenvalue weighted by atomic mass is 10.2. The Morgan fingerprint density at radius 2 is 1.83 bits per heavy atom. The van der Waals surface area contributed by atoms with Crippen molar-refractivity contribution in [3.63, 3.8) is 0 Å². The fourth-order valence-electron chi connectivity index (χ4n) is 2.28. The molecule has 0 amide bonds. The van der Waals surface area contributed by atoms with Gasteiger partial charge >= 0.3 is 0 Å². The van der Waals surface area contributed by atoms with Crippen LogP contribution in [0.15, 0.2) is 62.6 Å². The first kappa shape index (κ1) is 15.5. The van der Waals surface area contributed by atoms with E-state index in [9.17, 15) is 0 Å². The second-order valence-corrected chi connectivity index (χ2v) is 7.03. The van der Waals surface area contributed by atoms with Crippen molar-refractivity contribution in [1.82, 2.24) is 10.2 Å². The van der Waals surface area contributed by atoms with Crippen molar-refractivity contribution in [2.75, 3.05) is 6.61 Å². The van der Waals surface area contributed by atoms with Gasteiger partial charge in [0.15, 0.2) is 11.5 Å². The molecule has 0 aliphatic carbocycles. The maximum Gasteiger partial charge on any atom is 0.277 e. The lowest BCUT2D eigenvalue weighted by Crippen LogP contribution is -2.21. The van der Waals surface area contributed by atoms with Crippen molar-refractivity contribution in [1.29, 1.82) is 0 Å². The Morgan fingerprint density at radius 3 is 2.67 bits per heavy atom. The third-order valence-electron chi connectivity index (χ3n) is 3.48. The highest BCUT2D eigenvalue weighted by molar-refractivity contribution is 9.10. The Hall–Kier alpha value is -1.99. The molecule has 122 valence electrons. The van der Waals surface area contributed by atoms with Crippen LogP contribution < -0.4 is 9.47 Å². The molecule has 0 radical (unpaired) electrons. The van der Waals surface area contributed by atoms with Gasteiger partial charge in [0.2, 0.25) is 6.10 Å². The van der Waals surface area contributed by atoms with Crippen molar-refractivity contribution >= 4 is 27.7 Å². The first-order valence-electron chi connectivity index (χ1n) is 7.37. The van der Waals surface area contributed by atoms with Crippen LogP contribution in [0, 0.1) is 0 Å². The maximum absolute atomic E-state index is 5.87. The maximum atomic E-state index is 5.87. The van der Waals surface area contributed by atoms with Crippen LogP contribution in [-0.2, 0) is 5.75 Å². The van der Waals surface area contributed by atoms with Gasteiger partial charge in [-0.25, -0.2) is 0 Å². The Balaban J connectivity index is 1.41. The molecule has 1 aliphatic heterocycles. The molecule has 1 aromatic heterocycles. The minimum absolute atomic E-state index is 0.357. The summed E-state index contributed by atoms with van der Waals surface area (Å²) in [4.78, 5) is 0. The van der Waals surface area contributed by atoms with Gasteiger partial charge in [0, 0.05) is 10.2 Å². The monoisotopic (exact) mass is 404 g/mol. The predicted molar refractivity (Wildman–Crippen MR) is 93.3 cm³/mol. The molecule has 1 atom stereocenters. The third-order valence-corrected chi connectivity index (χ3v) is 4.90. The van der Waals surface area contributed by atoms with E-state index in [2.05, 4.69) is 38.3 Å². The molecule has 3 aromatic rings. The van der Waals surface area contributed by atoms with Gasteiger partial charge in [0.25, 0.3) is 11.1 Å². The summed E-state index contributed by atoms with van der Waals surface area (Å²) >= 11 is 4.92. The second-order valence-electron chi connectivity index (χ2n) is 5.19. The molecule has 0 bridgehead atoms. The van der Waals surface area contributed by atoms with Crippen molar-refractivity contribution in [3.8, 4) is 11.5 Å². The predicted octanol–water partition coefficient (Wildman–Crippen LogP) is 4.64. The molecule has 0 spiro atoms. The van der Waals surface area contributed by atoms with Crippen LogP contribution in [-0.4, -0.2) is 16.8 Å². The Kier molecular flexibility index (Phi) is 4.44. The van der Waals surface area contributed by atoms with E-state index < -0.39 is 0 Å². The van der Waals surface area contributed by atoms with E-state index in [-0.39, 0.29) is 6.10 Å². The molecule has 5 nitrogen and oxygen atoms in total. The number of halogens is 1.